The van der Waals surface area contributed by atoms with E-state index in [0.717, 1.165) is 0 Å². The molecular weight excluding hydrogens is 144 g/mol. The summed E-state index contributed by atoms with van der Waals surface area (Å²) < 4.78 is 10.6. The molecule has 0 aromatic rings. The van der Waals surface area contributed by atoms with E-state index < -0.39 is 5.79 Å². The van der Waals surface area contributed by atoms with Gasteiger partial charge in [-0.2, -0.15) is 0 Å². The van der Waals surface area contributed by atoms with Crippen molar-refractivity contribution in [3.05, 3.63) is 0 Å². The Labute approximate surface area is 67.8 Å². The zero-order valence-corrected chi connectivity index (χ0v) is 7.46. The molecule has 0 radical (unpaired) electrons. The molecule has 1 fully saturated rings. The molecular formula is C7H18N2O2. The lowest BCUT2D eigenvalue weighted by Gasteiger charge is -2.15. The van der Waals surface area contributed by atoms with Gasteiger partial charge in [-0.3, -0.25) is 0 Å². The summed E-state index contributed by atoms with van der Waals surface area (Å²) in [5.74, 6) is -0.413. The molecule has 1 aliphatic heterocycles. The molecule has 1 heterocycles. The largest absolute Gasteiger partial charge is 0.348 e. The average Bonchev–Trinajstić information content (AvgIpc) is 2.34. The van der Waals surface area contributed by atoms with Gasteiger partial charge in [-0.15, -0.1) is 0 Å². The molecule has 0 bridgehead atoms. The van der Waals surface area contributed by atoms with Crippen LogP contribution in [0.5, 0.6) is 0 Å². The summed E-state index contributed by atoms with van der Waals surface area (Å²) in [6.07, 6.45) is 0.0972. The minimum atomic E-state index is -0.413. The summed E-state index contributed by atoms with van der Waals surface area (Å²) in [7, 11) is 1.50. The van der Waals surface area contributed by atoms with Crippen molar-refractivity contribution in [2.24, 2.45) is 11.5 Å². The summed E-state index contributed by atoms with van der Waals surface area (Å²) in [6, 6.07) is 0. The summed E-state index contributed by atoms with van der Waals surface area (Å²) in [6.45, 7) is 4.96. The van der Waals surface area contributed by atoms with Crippen LogP contribution in [0.15, 0.2) is 0 Å². The van der Waals surface area contributed by atoms with Crippen LogP contribution in [0, 0.1) is 0 Å². The van der Waals surface area contributed by atoms with Crippen molar-refractivity contribution in [1.29, 1.82) is 0 Å². The molecule has 0 saturated carbocycles. The van der Waals surface area contributed by atoms with Gasteiger partial charge >= 0.3 is 0 Å². The predicted octanol–water partition coefficient (Wildman–Crippen LogP) is -0.328. The molecule has 1 unspecified atom stereocenters. The molecule has 4 heteroatoms. The molecule has 1 saturated heterocycles. The van der Waals surface area contributed by atoms with Crippen molar-refractivity contribution in [3.63, 3.8) is 0 Å². The first-order valence-electron chi connectivity index (χ1n) is 3.73. The second-order valence-corrected chi connectivity index (χ2v) is 2.69. The highest BCUT2D eigenvalue weighted by atomic mass is 16.7. The molecule has 4 nitrogen and oxygen atoms in total. The second kappa shape index (κ2) is 4.66. The van der Waals surface area contributed by atoms with Crippen LogP contribution in [-0.4, -0.2) is 32.1 Å². The molecule has 0 aromatic carbocycles. The zero-order chi connectivity index (χ0) is 8.91. The van der Waals surface area contributed by atoms with Gasteiger partial charge in [0.2, 0.25) is 0 Å². The van der Waals surface area contributed by atoms with Gasteiger partial charge in [0.25, 0.3) is 0 Å². The van der Waals surface area contributed by atoms with Gasteiger partial charge in [0.05, 0.1) is 12.7 Å². The first-order chi connectivity index (χ1) is 5.14. The van der Waals surface area contributed by atoms with E-state index in [2.05, 4.69) is 5.73 Å². The van der Waals surface area contributed by atoms with Crippen LogP contribution in [0.3, 0.4) is 0 Å². The van der Waals surface area contributed by atoms with E-state index in [0.29, 0.717) is 13.2 Å². The summed E-state index contributed by atoms with van der Waals surface area (Å²) in [5, 5.41) is 0. The lowest BCUT2D eigenvalue weighted by atomic mass is 10.4. The standard InChI is InChI=1S/C6H13NO2.CH5N/c1-6(2)8-4-5(3-7)9-6;1-2/h5H,3-4,7H2,1-2H3;2H2,1H3. The number of rotatable bonds is 1. The van der Waals surface area contributed by atoms with Crippen molar-refractivity contribution in [2.75, 3.05) is 20.2 Å². The van der Waals surface area contributed by atoms with Crippen molar-refractivity contribution < 1.29 is 9.47 Å². The third-order valence-corrected chi connectivity index (χ3v) is 1.33. The van der Waals surface area contributed by atoms with Crippen LogP contribution in [0.25, 0.3) is 0 Å². The molecule has 1 aliphatic rings. The van der Waals surface area contributed by atoms with Crippen LogP contribution in [0.4, 0.5) is 0 Å². The lowest BCUT2D eigenvalue weighted by Crippen LogP contribution is -2.26. The Kier molecular flexibility index (Phi) is 4.60. The van der Waals surface area contributed by atoms with Crippen LogP contribution in [0.1, 0.15) is 13.8 Å². The van der Waals surface area contributed by atoms with E-state index in [9.17, 15) is 0 Å². The maximum atomic E-state index is 5.35. The zero-order valence-electron chi connectivity index (χ0n) is 7.46. The third kappa shape index (κ3) is 3.67. The number of hydrogen-bond donors (Lipinski definition) is 2. The van der Waals surface area contributed by atoms with E-state index in [1.165, 1.54) is 7.05 Å². The monoisotopic (exact) mass is 162 g/mol. The van der Waals surface area contributed by atoms with Gasteiger partial charge in [-0.25, -0.2) is 0 Å². The lowest BCUT2D eigenvalue weighted by molar-refractivity contribution is -0.137. The first kappa shape index (κ1) is 10.8. The van der Waals surface area contributed by atoms with Gasteiger partial charge in [-0.1, -0.05) is 0 Å². The average molecular weight is 162 g/mol. The molecule has 4 N–H and O–H groups in total. The number of nitrogens with two attached hydrogens (primary N) is 2. The molecule has 11 heavy (non-hydrogen) atoms. The Morgan fingerprint density at radius 2 is 2.00 bits per heavy atom. The first-order valence-corrected chi connectivity index (χ1v) is 3.73. The second-order valence-electron chi connectivity index (χ2n) is 2.69. The Morgan fingerprint density at radius 3 is 2.18 bits per heavy atom. The summed E-state index contributed by atoms with van der Waals surface area (Å²) in [4.78, 5) is 0. The highest BCUT2D eigenvalue weighted by Crippen LogP contribution is 2.20. The van der Waals surface area contributed by atoms with Crippen LogP contribution in [-0.2, 0) is 9.47 Å². The van der Waals surface area contributed by atoms with E-state index in [1.54, 1.807) is 0 Å². The van der Waals surface area contributed by atoms with Gasteiger partial charge in [0, 0.05) is 6.54 Å². The quantitative estimate of drug-likeness (QED) is 0.554. The van der Waals surface area contributed by atoms with Crippen molar-refractivity contribution in [2.45, 2.75) is 25.7 Å². The Balaban J connectivity index is 0.000000461. The van der Waals surface area contributed by atoms with E-state index in [4.69, 9.17) is 15.2 Å². The van der Waals surface area contributed by atoms with E-state index >= 15 is 0 Å². The highest BCUT2D eigenvalue weighted by Gasteiger charge is 2.31. The Morgan fingerprint density at radius 1 is 1.45 bits per heavy atom. The molecule has 1 rings (SSSR count). The fourth-order valence-corrected chi connectivity index (χ4v) is 0.879. The van der Waals surface area contributed by atoms with Crippen molar-refractivity contribution in [3.8, 4) is 0 Å². The third-order valence-electron chi connectivity index (χ3n) is 1.33. The van der Waals surface area contributed by atoms with Gasteiger partial charge in [-0.05, 0) is 20.9 Å². The van der Waals surface area contributed by atoms with Gasteiger partial charge in [0.1, 0.15) is 0 Å². The minimum Gasteiger partial charge on any atom is -0.348 e. The maximum absolute atomic E-state index is 5.35. The number of hydrogen-bond acceptors (Lipinski definition) is 4. The molecule has 68 valence electrons. The van der Waals surface area contributed by atoms with Gasteiger partial charge < -0.3 is 20.9 Å². The Hall–Kier alpha value is -0.160. The van der Waals surface area contributed by atoms with Crippen LogP contribution in [0.2, 0.25) is 0 Å². The Bertz CT molecular complexity index is 107. The van der Waals surface area contributed by atoms with Crippen molar-refractivity contribution in [1.82, 2.24) is 0 Å². The minimum absolute atomic E-state index is 0.0972. The van der Waals surface area contributed by atoms with Gasteiger partial charge in [0.15, 0.2) is 5.79 Å². The SMILES string of the molecule is CC1(C)OCC(CN)O1.CN. The molecule has 0 amide bonds. The normalized spacial score (nSPS) is 27.5. The van der Waals surface area contributed by atoms with E-state index in [1.807, 2.05) is 13.8 Å². The smallest absolute Gasteiger partial charge is 0.163 e. The highest BCUT2D eigenvalue weighted by molar-refractivity contribution is 4.70. The van der Waals surface area contributed by atoms with Crippen molar-refractivity contribution >= 4 is 0 Å². The van der Waals surface area contributed by atoms with Crippen LogP contribution < -0.4 is 11.5 Å². The fourth-order valence-electron chi connectivity index (χ4n) is 0.879. The topological polar surface area (TPSA) is 70.5 Å². The molecule has 0 spiro atoms. The molecule has 0 aromatic heterocycles. The number of ether oxygens (including phenoxy) is 2. The predicted molar refractivity (Wildman–Crippen MR) is 44.1 cm³/mol. The summed E-state index contributed by atoms with van der Waals surface area (Å²) >= 11 is 0. The molecule has 1 atom stereocenters. The van der Waals surface area contributed by atoms with Crippen LogP contribution >= 0.6 is 0 Å². The molecule has 0 aliphatic carbocycles. The summed E-state index contributed by atoms with van der Waals surface area (Å²) in [5.41, 5.74) is 9.85. The fraction of sp³-hybridized carbons (Fsp3) is 1.00. The van der Waals surface area contributed by atoms with E-state index in [-0.39, 0.29) is 6.10 Å². The maximum Gasteiger partial charge on any atom is 0.163 e.